The lowest BCUT2D eigenvalue weighted by atomic mass is 10.2. The van der Waals surface area contributed by atoms with Crippen molar-refractivity contribution in [2.75, 3.05) is 19.1 Å². The number of methoxy groups -OCH3 is 1. The highest BCUT2D eigenvalue weighted by molar-refractivity contribution is 7.14. The topological polar surface area (TPSA) is 66.7 Å². The fraction of sp³-hybridized carbons (Fsp3) is 0.286. The van der Waals surface area contributed by atoms with Crippen LogP contribution in [0, 0.1) is 0 Å². The molecule has 0 aliphatic heterocycles. The van der Waals surface area contributed by atoms with E-state index in [0.717, 1.165) is 27.9 Å². The summed E-state index contributed by atoms with van der Waals surface area (Å²) in [4.78, 5) is 4.47. The third-order valence-electron chi connectivity index (χ3n) is 2.71. The monoisotopic (exact) mass is 291 g/mol. The number of ether oxygens (including phenoxy) is 1. The predicted molar refractivity (Wildman–Crippen MR) is 82.5 cm³/mol. The summed E-state index contributed by atoms with van der Waals surface area (Å²) in [7, 11) is 1.65. The molecule has 0 aliphatic carbocycles. The van der Waals surface area contributed by atoms with Gasteiger partial charge in [-0.05, 0) is 31.2 Å². The second kappa shape index (κ2) is 7.02. The molecule has 0 radical (unpaired) electrons. The predicted octanol–water partition coefficient (Wildman–Crippen LogP) is 2.99. The van der Waals surface area contributed by atoms with Crippen LogP contribution >= 0.6 is 11.3 Å². The van der Waals surface area contributed by atoms with Crippen molar-refractivity contribution < 1.29 is 9.84 Å². The summed E-state index contributed by atoms with van der Waals surface area (Å²) in [5.41, 5.74) is 5.67. The van der Waals surface area contributed by atoms with Crippen molar-refractivity contribution in [1.29, 1.82) is 0 Å². The first kappa shape index (κ1) is 14.5. The van der Waals surface area contributed by atoms with Gasteiger partial charge in [0.15, 0.2) is 0 Å². The van der Waals surface area contributed by atoms with Crippen molar-refractivity contribution in [1.82, 2.24) is 4.98 Å². The highest BCUT2D eigenvalue weighted by Gasteiger charge is 2.04. The summed E-state index contributed by atoms with van der Waals surface area (Å²) in [5, 5.41) is 15.7. The SMILES string of the molecule is COc1ccc(-c2csc(NN=C(C)CCO)n2)cc1. The molecule has 0 amide bonds. The van der Waals surface area contributed by atoms with Crippen LogP contribution < -0.4 is 10.2 Å². The number of nitrogens with zero attached hydrogens (tertiary/aromatic N) is 2. The summed E-state index contributed by atoms with van der Waals surface area (Å²) in [6, 6.07) is 7.76. The van der Waals surface area contributed by atoms with Gasteiger partial charge in [-0.1, -0.05) is 0 Å². The van der Waals surface area contributed by atoms with Gasteiger partial charge in [0, 0.05) is 29.7 Å². The van der Waals surface area contributed by atoms with Gasteiger partial charge in [0.1, 0.15) is 5.75 Å². The molecule has 2 N–H and O–H groups in total. The van der Waals surface area contributed by atoms with Gasteiger partial charge in [-0.25, -0.2) is 4.98 Å². The third kappa shape index (κ3) is 3.79. The number of rotatable bonds is 6. The summed E-state index contributed by atoms with van der Waals surface area (Å²) in [6.45, 7) is 1.97. The van der Waals surface area contributed by atoms with E-state index in [0.29, 0.717) is 6.42 Å². The van der Waals surface area contributed by atoms with Gasteiger partial charge in [-0.3, -0.25) is 5.43 Å². The average molecular weight is 291 g/mol. The lowest BCUT2D eigenvalue weighted by Crippen LogP contribution is -1.99. The highest BCUT2D eigenvalue weighted by atomic mass is 32.1. The molecule has 6 heteroatoms. The smallest absolute Gasteiger partial charge is 0.203 e. The molecule has 1 aromatic carbocycles. The van der Waals surface area contributed by atoms with Crippen LogP contribution in [0.4, 0.5) is 5.13 Å². The maximum atomic E-state index is 8.80. The first-order chi connectivity index (χ1) is 9.72. The molecule has 0 spiro atoms. The van der Waals surface area contributed by atoms with Crippen LogP contribution in [0.1, 0.15) is 13.3 Å². The molecule has 0 bridgehead atoms. The van der Waals surface area contributed by atoms with Gasteiger partial charge >= 0.3 is 0 Å². The van der Waals surface area contributed by atoms with E-state index < -0.39 is 0 Å². The summed E-state index contributed by atoms with van der Waals surface area (Å²) >= 11 is 1.49. The van der Waals surface area contributed by atoms with Crippen LogP contribution in [-0.2, 0) is 0 Å². The second-order valence-electron chi connectivity index (χ2n) is 4.20. The van der Waals surface area contributed by atoms with Gasteiger partial charge in [0.2, 0.25) is 5.13 Å². The Hall–Kier alpha value is -1.92. The fourth-order valence-electron chi connectivity index (χ4n) is 1.58. The van der Waals surface area contributed by atoms with Crippen molar-refractivity contribution in [3.8, 4) is 17.0 Å². The minimum atomic E-state index is 0.103. The van der Waals surface area contributed by atoms with Crippen molar-refractivity contribution in [2.45, 2.75) is 13.3 Å². The number of aliphatic hydroxyl groups excluding tert-OH is 1. The molecule has 106 valence electrons. The fourth-order valence-corrected chi connectivity index (χ4v) is 2.24. The Balaban J connectivity index is 2.06. The number of hydrogen-bond acceptors (Lipinski definition) is 6. The first-order valence-electron chi connectivity index (χ1n) is 6.23. The van der Waals surface area contributed by atoms with Crippen molar-refractivity contribution in [3.63, 3.8) is 0 Å². The van der Waals surface area contributed by atoms with E-state index in [1.165, 1.54) is 11.3 Å². The number of aromatic nitrogens is 1. The van der Waals surface area contributed by atoms with Crippen molar-refractivity contribution >= 4 is 22.2 Å². The molecule has 0 saturated heterocycles. The summed E-state index contributed by atoms with van der Waals surface area (Å²) in [6.07, 6.45) is 0.559. The Morgan fingerprint density at radius 3 is 2.80 bits per heavy atom. The lowest BCUT2D eigenvalue weighted by Gasteiger charge is -2.00. The normalized spacial score (nSPS) is 11.4. The van der Waals surface area contributed by atoms with Gasteiger partial charge in [-0.15, -0.1) is 11.3 Å². The molecule has 20 heavy (non-hydrogen) atoms. The maximum Gasteiger partial charge on any atom is 0.203 e. The second-order valence-corrected chi connectivity index (χ2v) is 5.06. The molecule has 1 heterocycles. The number of aliphatic hydroxyl groups is 1. The summed E-state index contributed by atoms with van der Waals surface area (Å²) in [5.74, 6) is 0.826. The summed E-state index contributed by atoms with van der Waals surface area (Å²) < 4.78 is 5.13. The number of benzene rings is 1. The van der Waals surface area contributed by atoms with Crippen molar-refractivity contribution in [2.24, 2.45) is 5.10 Å². The highest BCUT2D eigenvalue weighted by Crippen LogP contribution is 2.26. The van der Waals surface area contributed by atoms with E-state index in [2.05, 4.69) is 15.5 Å². The van der Waals surface area contributed by atoms with E-state index in [4.69, 9.17) is 9.84 Å². The molecule has 0 unspecified atom stereocenters. The molecule has 0 atom stereocenters. The van der Waals surface area contributed by atoms with Crippen LogP contribution in [0.5, 0.6) is 5.75 Å². The maximum absolute atomic E-state index is 8.80. The van der Waals surface area contributed by atoms with E-state index in [1.807, 2.05) is 36.6 Å². The molecular formula is C14H17N3O2S. The number of hydrazone groups is 1. The zero-order valence-electron chi connectivity index (χ0n) is 11.5. The molecule has 0 aliphatic rings. The van der Waals surface area contributed by atoms with E-state index in [1.54, 1.807) is 7.11 Å². The standard InChI is InChI=1S/C14H17N3O2S/c1-10(7-8-18)16-17-14-15-13(9-20-14)11-3-5-12(19-2)6-4-11/h3-6,9,18H,7-8H2,1-2H3,(H,15,17). The van der Waals surface area contributed by atoms with Crippen LogP contribution in [0.2, 0.25) is 0 Å². The first-order valence-corrected chi connectivity index (χ1v) is 7.11. The number of anilines is 1. The quantitative estimate of drug-likeness (QED) is 0.634. The van der Waals surface area contributed by atoms with Gasteiger partial charge in [0.25, 0.3) is 0 Å². The molecular weight excluding hydrogens is 274 g/mol. The lowest BCUT2D eigenvalue weighted by molar-refractivity contribution is 0.307. The van der Waals surface area contributed by atoms with Crippen LogP contribution in [0.15, 0.2) is 34.7 Å². The minimum Gasteiger partial charge on any atom is -0.497 e. The average Bonchev–Trinajstić information content (AvgIpc) is 2.94. The van der Waals surface area contributed by atoms with Crippen molar-refractivity contribution in [3.05, 3.63) is 29.6 Å². The van der Waals surface area contributed by atoms with Crippen LogP contribution in [0.25, 0.3) is 11.3 Å². The number of nitrogens with one attached hydrogen (secondary N) is 1. The molecule has 0 fully saturated rings. The Labute approximate surface area is 121 Å². The number of hydrogen-bond donors (Lipinski definition) is 2. The van der Waals surface area contributed by atoms with E-state index in [-0.39, 0.29) is 6.61 Å². The third-order valence-corrected chi connectivity index (χ3v) is 3.45. The Kier molecular flexibility index (Phi) is 5.09. The molecule has 1 aromatic heterocycles. The molecule has 2 rings (SSSR count). The zero-order chi connectivity index (χ0) is 14.4. The molecule has 2 aromatic rings. The molecule has 5 nitrogen and oxygen atoms in total. The van der Waals surface area contributed by atoms with E-state index in [9.17, 15) is 0 Å². The van der Waals surface area contributed by atoms with Gasteiger partial charge < -0.3 is 9.84 Å². The molecule has 0 saturated carbocycles. The van der Waals surface area contributed by atoms with Crippen LogP contribution in [-0.4, -0.2) is 29.5 Å². The van der Waals surface area contributed by atoms with E-state index >= 15 is 0 Å². The Bertz CT molecular complexity index is 578. The van der Waals surface area contributed by atoms with Crippen LogP contribution in [0.3, 0.4) is 0 Å². The Morgan fingerprint density at radius 1 is 1.40 bits per heavy atom. The zero-order valence-corrected chi connectivity index (χ0v) is 12.3. The Morgan fingerprint density at radius 2 is 2.15 bits per heavy atom. The number of thiazole rings is 1. The van der Waals surface area contributed by atoms with Gasteiger partial charge in [0.05, 0.1) is 12.8 Å². The van der Waals surface area contributed by atoms with Gasteiger partial charge in [-0.2, -0.15) is 5.10 Å². The largest absolute Gasteiger partial charge is 0.497 e. The minimum absolute atomic E-state index is 0.103.